The molecule has 2 heterocycles. The van der Waals surface area contributed by atoms with Crippen LogP contribution in [0.3, 0.4) is 0 Å². The Bertz CT molecular complexity index is 719. The third kappa shape index (κ3) is 2.13. The van der Waals surface area contributed by atoms with Crippen LogP contribution >= 0.6 is 11.3 Å². The first-order valence-electron chi connectivity index (χ1n) is 5.44. The molecular formula is C13H8N2O3S. The number of carboxylic acids is 1. The quantitative estimate of drug-likeness (QED) is 0.792. The second kappa shape index (κ2) is 4.66. The molecule has 0 aliphatic heterocycles. The Hall–Kier alpha value is -2.47. The van der Waals surface area contributed by atoms with Gasteiger partial charge in [0.05, 0.1) is 11.1 Å². The van der Waals surface area contributed by atoms with Crippen LogP contribution in [0, 0.1) is 0 Å². The van der Waals surface area contributed by atoms with E-state index in [1.807, 2.05) is 16.8 Å². The second-order valence-electron chi connectivity index (χ2n) is 3.79. The molecule has 0 bridgehead atoms. The Balaban J connectivity index is 2.06. The van der Waals surface area contributed by atoms with Crippen molar-refractivity contribution in [3.05, 3.63) is 46.7 Å². The zero-order valence-electron chi connectivity index (χ0n) is 9.61. The minimum Gasteiger partial charge on any atom is -0.478 e. The van der Waals surface area contributed by atoms with Crippen molar-refractivity contribution in [2.24, 2.45) is 0 Å². The summed E-state index contributed by atoms with van der Waals surface area (Å²) in [6.07, 6.45) is 0. The van der Waals surface area contributed by atoms with Crippen molar-refractivity contribution in [3.8, 4) is 22.8 Å². The van der Waals surface area contributed by atoms with Gasteiger partial charge in [0, 0.05) is 10.9 Å². The summed E-state index contributed by atoms with van der Waals surface area (Å²) in [5.41, 5.74) is 1.42. The molecule has 0 saturated heterocycles. The van der Waals surface area contributed by atoms with Gasteiger partial charge in [0.25, 0.3) is 5.89 Å². The highest BCUT2D eigenvalue weighted by molar-refractivity contribution is 7.08. The molecule has 1 N–H and O–H groups in total. The number of aromatic carboxylic acids is 1. The smallest absolute Gasteiger partial charge is 0.336 e. The number of rotatable bonds is 3. The van der Waals surface area contributed by atoms with Gasteiger partial charge in [-0.25, -0.2) is 4.79 Å². The Morgan fingerprint density at radius 3 is 2.84 bits per heavy atom. The van der Waals surface area contributed by atoms with Gasteiger partial charge >= 0.3 is 5.97 Å². The van der Waals surface area contributed by atoms with Gasteiger partial charge in [0.15, 0.2) is 0 Å². The minimum atomic E-state index is -1.02. The van der Waals surface area contributed by atoms with Crippen molar-refractivity contribution in [1.82, 2.24) is 10.1 Å². The summed E-state index contributed by atoms with van der Waals surface area (Å²) in [5.74, 6) is -0.360. The molecule has 0 saturated carbocycles. The molecule has 0 atom stereocenters. The summed E-state index contributed by atoms with van der Waals surface area (Å²) in [5, 5.41) is 16.8. The molecule has 0 amide bonds. The summed E-state index contributed by atoms with van der Waals surface area (Å²) in [6, 6.07) is 8.42. The number of nitrogens with zero attached hydrogens (tertiary/aromatic N) is 2. The monoisotopic (exact) mass is 272 g/mol. The van der Waals surface area contributed by atoms with Gasteiger partial charge in [-0.3, -0.25) is 0 Å². The lowest BCUT2D eigenvalue weighted by Gasteiger charge is -1.99. The Morgan fingerprint density at radius 2 is 2.11 bits per heavy atom. The van der Waals surface area contributed by atoms with Crippen LogP contribution in [-0.4, -0.2) is 21.2 Å². The van der Waals surface area contributed by atoms with Gasteiger partial charge in [0.1, 0.15) is 0 Å². The van der Waals surface area contributed by atoms with E-state index >= 15 is 0 Å². The normalized spacial score (nSPS) is 10.5. The fraction of sp³-hybridized carbons (Fsp3) is 0. The molecule has 6 heteroatoms. The van der Waals surface area contributed by atoms with Crippen LogP contribution in [0.15, 0.2) is 45.6 Å². The van der Waals surface area contributed by atoms with Gasteiger partial charge in [-0.2, -0.15) is 16.3 Å². The molecule has 3 rings (SSSR count). The molecule has 94 valence electrons. The minimum absolute atomic E-state index is 0.142. The Morgan fingerprint density at radius 1 is 1.26 bits per heavy atom. The molecule has 0 unspecified atom stereocenters. The summed E-state index contributed by atoms with van der Waals surface area (Å²) in [4.78, 5) is 15.4. The van der Waals surface area contributed by atoms with Crippen LogP contribution < -0.4 is 0 Å². The molecule has 0 aliphatic carbocycles. The van der Waals surface area contributed by atoms with Crippen molar-refractivity contribution in [2.45, 2.75) is 0 Å². The van der Waals surface area contributed by atoms with Gasteiger partial charge < -0.3 is 9.63 Å². The molecule has 5 nitrogen and oxygen atoms in total. The first-order chi connectivity index (χ1) is 9.25. The lowest BCUT2D eigenvalue weighted by molar-refractivity contribution is 0.0697. The van der Waals surface area contributed by atoms with E-state index in [-0.39, 0.29) is 11.5 Å². The highest BCUT2D eigenvalue weighted by Gasteiger charge is 2.17. The van der Waals surface area contributed by atoms with Crippen LogP contribution in [0.2, 0.25) is 0 Å². The van der Waals surface area contributed by atoms with E-state index in [1.54, 1.807) is 18.2 Å². The Labute approximate surface area is 112 Å². The molecular weight excluding hydrogens is 264 g/mol. The van der Waals surface area contributed by atoms with E-state index in [9.17, 15) is 4.79 Å². The fourth-order valence-electron chi connectivity index (χ4n) is 1.70. The predicted octanol–water partition coefficient (Wildman–Crippen LogP) is 3.16. The zero-order valence-corrected chi connectivity index (χ0v) is 10.4. The van der Waals surface area contributed by atoms with Crippen LogP contribution in [0.5, 0.6) is 0 Å². The molecule has 0 radical (unpaired) electrons. The summed E-state index contributed by atoms with van der Waals surface area (Å²) in [7, 11) is 0. The molecule has 0 spiro atoms. The first-order valence-corrected chi connectivity index (χ1v) is 6.39. The molecule has 0 fully saturated rings. The average Bonchev–Trinajstić information content (AvgIpc) is 3.09. The number of benzene rings is 1. The first kappa shape index (κ1) is 11.6. The zero-order chi connectivity index (χ0) is 13.2. The van der Waals surface area contributed by atoms with Crippen LogP contribution in [0.4, 0.5) is 0 Å². The molecule has 19 heavy (non-hydrogen) atoms. The lowest BCUT2D eigenvalue weighted by Crippen LogP contribution is -1.99. The van der Waals surface area contributed by atoms with Crippen molar-refractivity contribution >= 4 is 17.3 Å². The van der Waals surface area contributed by atoms with Crippen molar-refractivity contribution in [2.75, 3.05) is 0 Å². The summed E-state index contributed by atoms with van der Waals surface area (Å²) >= 11 is 1.53. The fourth-order valence-corrected chi connectivity index (χ4v) is 2.33. The van der Waals surface area contributed by atoms with E-state index < -0.39 is 5.97 Å². The van der Waals surface area contributed by atoms with Crippen LogP contribution in [0.1, 0.15) is 10.4 Å². The van der Waals surface area contributed by atoms with Gasteiger partial charge in [-0.15, -0.1) is 0 Å². The number of hydrogen-bond acceptors (Lipinski definition) is 5. The average molecular weight is 272 g/mol. The van der Waals surface area contributed by atoms with E-state index in [0.717, 1.165) is 5.56 Å². The highest BCUT2D eigenvalue weighted by Crippen LogP contribution is 2.25. The summed E-state index contributed by atoms with van der Waals surface area (Å²) < 4.78 is 5.15. The van der Waals surface area contributed by atoms with Crippen molar-refractivity contribution in [1.29, 1.82) is 0 Å². The maximum Gasteiger partial charge on any atom is 0.336 e. The number of hydrogen-bond donors (Lipinski definition) is 1. The van der Waals surface area contributed by atoms with E-state index in [4.69, 9.17) is 9.63 Å². The maximum atomic E-state index is 11.1. The largest absolute Gasteiger partial charge is 0.478 e. The van der Waals surface area contributed by atoms with Gasteiger partial charge in [0.2, 0.25) is 5.82 Å². The third-order valence-electron chi connectivity index (χ3n) is 2.59. The molecule has 1 aromatic carbocycles. The number of thiophene rings is 1. The van der Waals surface area contributed by atoms with E-state index in [0.29, 0.717) is 11.4 Å². The second-order valence-corrected chi connectivity index (χ2v) is 4.57. The van der Waals surface area contributed by atoms with E-state index in [2.05, 4.69) is 10.1 Å². The maximum absolute atomic E-state index is 11.1. The van der Waals surface area contributed by atoms with Crippen LogP contribution in [0.25, 0.3) is 22.8 Å². The topological polar surface area (TPSA) is 76.2 Å². The standard InChI is InChI=1S/C13H8N2O3S/c16-13(17)10-4-2-1-3-9(10)12-14-11(15-18-12)8-5-6-19-7-8/h1-7H,(H,16,17). The number of carboxylic acid groups (broad SMARTS) is 1. The molecule has 2 aromatic heterocycles. The predicted molar refractivity (Wildman–Crippen MR) is 70.0 cm³/mol. The Kier molecular flexibility index (Phi) is 2.85. The van der Waals surface area contributed by atoms with Crippen LogP contribution in [-0.2, 0) is 0 Å². The van der Waals surface area contributed by atoms with Gasteiger partial charge in [-0.1, -0.05) is 17.3 Å². The lowest BCUT2D eigenvalue weighted by atomic mass is 10.1. The van der Waals surface area contributed by atoms with E-state index in [1.165, 1.54) is 17.4 Å². The third-order valence-corrected chi connectivity index (χ3v) is 3.28. The van der Waals surface area contributed by atoms with Crippen molar-refractivity contribution < 1.29 is 14.4 Å². The number of carbonyl (C=O) groups is 1. The summed E-state index contributed by atoms with van der Waals surface area (Å²) in [6.45, 7) is 0. The van der Waals surface area contributed by atoms with Gasteiger partial charge in [-0.05, 0) is 23.6 Å². The number of aromatic nitrogens is 2. The highest BCUT2D eigenvalue weighted by atomic mass is 32.1. The molecule has 0 aliphatic rings. The van der Waals surface area contributed by atoms with Crippen molar-refractivity contribution in [3.63, 3.8) is 0 Å². The SMILES string of the molecule is O=C(O)c1ccccc1-c1nc(-c2ccsc2)no1. The molecule has 3 aromatic rings.